The predicted octanol–water partition coefficient (Wildman–Crippen LogP) is -0.285. The van der Waals surface area contributed by atoms with E-state index in [-0.39, 0.29) is 4.90 Å². The molecule has 2 N–H and O–H groups in total. The molecular weight excluding hydrogens is 204 g/mol. The summed E-state index contributed by atoms with van der Waals surface area (Å²) in [6, 6.07) is 0. The van der Waals surface area contributed by atoms with E-state index >= 15 is 0 Å². The summed E-state index contributed by atoms with van der Waals surface area (Å²) in [5.74, 6) is 0. The number of aromatic nitrogens is 3. The molecule has 2 aromatic heterocycles. The van der Waals surface area contributed by atoms with Gasteiger partial charge >= 0.3 is 0 Å². The summed E-state index contributed by atoms with van der Waals surface area (Å²) in [4.78, 5) is 4.01. The monoisotopic (exact) mass is 212 g/mol. The van der Waals surface area contributed by atoms with Gasteiger partial charge in [0.15, 0.2) is 15.5 Å². The number of hydrogen-bond donors (Lipinski definition) is 1. The minimum atomic E-state index is -3.29. The highest BCUT2D eigenvalue weighted by Gasteiger charge is 2.15. The summed E-state index contributed by atoms with van der Waals surface area (Å²) in [5, 5.41) is 3.84. The molecule has 2 rings (SSSR count). The molecule has 0 atom stereocenters. The number of rotatable bonds is 1. The van der Waals surface area contributed by atoms with Crippen LogP contribution in [0.5, 0.6) is 0 Å². The first-order valence-corrected chi connectivity index (χ1v) is 5.66. The van der Waals surface area contributed by atoms with Gasteiger partial charge in [-0.15, -0.1) is 0 Å². The lowest BCUT2D eigenvalue weighted by atomic mass is 10.5. The van der Waals surface area contributed by atoms with Crippen LogP contribution in [0.2, 0.25) is 0 Å². The van der Waals surface area contributed by atoms with Crippen molar-refractivity contribution in [3.8, 4) is 0 Å². The van der Waals surface area contributed by atoms with Gasteiger partial charge in [-0.25, -0.2) is 17.9 Å². The van der Waals surface area contributed by atoms with E-state index in [9.17, 15) is 8.42 Å². The van der Waals surface area contributed by atoms with Crippen molar-refractivity contribution < 1.29 is 8.42 Å². The Morgan fingerprint density at radius 2 is 2.14 bits per heavy atom. The van der Waals surface area contributed by atoms with Gasteiger partial charge < -0.3 is 5.73 Å². The Labute approximate surface area is 80.3 Å². The molecule has 0 aliphatic heterocycles. The molecule has 0 radical (unpaired) electrons. The molecule has 2 aromatic rings. The zero-order chi connectivity index (χ0) is 10.3. The topological polar surface area (TPSA) is 90.3 Å². The first kappa shape index (κ1) is 8.95. The molecule has 0 unspecified atom stereocenters. The second kappa shape index (κ2) is 2.68. The molecule has 0 fully saturated rings. The molecule has 6 nitrogen and oxygen atoms in total. The fourth-order valence-corrected chi connectivity index (χ4v) is 1.85. The average molecular weight is 212 g/mol. The highest BCUT2D eigenvalue weighted by molar-refractivity contribution is 7.90. The van der Waals surface area contributed by atoms with Crippen LogP contribution in [0.4, 0.5) is 5.69 Å². The maximum absolute atomic E-state index is 11.3. The van der Waals surface area contributed by atoms with Gasteiger partial charge in [-0.2, -0.15) is 5.10 Å². The summed E-state index contributed by atoms with van der Waals surface area (Å²) in [5.41, 5.74) is 6.19. The second-order valence-electron chi connectivity index (χ2n) is 2.94. The highest BCUT2D eigenvalue weighted by Crippen LogP contribution is 2.14. The second-order valence-corrected chi connectivity index (χ2v) is 4.92. The van der Waals surface area contributed by atoms with E-state index in [1.807, 2.05) is 0 Å². The Bertz CT molecular complexity index is 587. The Morgan fingerprint density at radius 1 is 1.43 bits per heavy atom. The molecule has 0 aliphatic rings. The summed E-state index contributed by atoms with van der Waals surface area (Å²) in [7, 11) is -3.29. The van der Waals surface area contributed by atoms with Crippen LogP contribution < -0.4 is 5.73 Å². The number of anilines is 1. The quantitative estimate of drug-likeness (QED) is 0.701. The number of sulfone groups is 1. The van der Waals surface area contributed by atoms with Gasteiger partial charge in [0.25, 0.3) is 0 Å². The van der Waals surface area contributed by atoms with Crippen molar-refractivity contribution in [1.82, 2.24) is 14.6 Å². The van der Waals surface area contributed by atoms with Crippen LogP contribution in [-0.4, -0.2) is 29.3 Å². The van der Waals surface area contributed by atoms with E-state index in [1.54, 1.807) is 0 Å². The number of nitrogens with zero attached hydrogens (tertiary/aromatic N) is 3. The van der Waals surface area contributed by atoms with Crippen molar-refractivity contribution in [2.24, 2.45) is 0 Å². The Morgan fingerprint density at radius 3 is 2.79 bits per heavy atom. The lowest BCUT2D eigenvalue weighted by molar-refractivity contribution is 0.602. The van der Waals surface area contributed by atoms with Gasteiger partial charge in [0.2, 0.25) is 0 Å². The van der Waals surface area contributed by atoms with E-state index < -0.39 is 9.84 Å². The lowest BCUT2D eigenvalue weighted by Gasteiger charge is -1.96. The highest BCUT2D eigenvalue weighted by atomic mass is 32.2. The van der Waals surface area contributed by atoms with Gasteiger partial charge in [-0.1, -0.05) is 0 Å². The Hall–Kier alpha value is -1.63. The molecule has 0 saturated heterocycles. The summed E-state index contributed by atoms with van der Waals surface area (Å²) < 4.78 is 23.9. The van der Waals surface area contributed by atoms with Crippen LogP contribution in [-0.2, 0) is 9.84 Å². The zero-order valence-electron chi connectivity index (χ0n) is 7.38. The minimum absolute atomic E-state index is 0.109. The van der Waals surface area contributed by atoms with Crippen molar-refractivity contribution in [2.75, 3.05) is 12.0 Å². The van der Waals surface area contributed by atoms with E-state index in [0.29, 0.717) is 11.3 Å². The fraction of sp³-hybridized carbons (Fsp3) is 0.143. The third-order valence-electron chi connectivity index (χ3n) is 1.74. The SMILES string of the molecule is CS(=O)(=O)c1cnn2cc(N)cnc12. The van der Waals surface area contributed by atoms with Crippen LogP contribution in [0.3, 0.4) is 0 Å². The van der Waals surface area contributed by atoms with E-state index in [2.05, 4.69) is 10.1 Å². The van der Waals surface area contributed by atoms with Crippen LogP contribution >= 0.6 is 0 Å². The molecule has 0 aliphatic carbocycles. The smallest absolute Gasteiger partial charge is 0.180 e. The third-order valence-corrected chi connectivity index (χ3v) is 2.83. The molecule has 0 aromatic carbocycles. The van der Waals surface area contributed by atoms with Gasteiger partial charge in [0, 0.05) is 6.26 Å². The van der Waals surface area contributed by atoms with E-state index in [4.69, 9.17) is 5.73 Å². The molecule has 0 saturated carbocycles. The lowest BCUT2D eigenvalue weighted by Crippen LogP contribution is -1.99. The van der Waals surface area contributed by atoms with Gasteiger partial charge in [-0.3, -0.25) is 0 Å². The molecular formula is C7H8N4O2S. The van der Waals surface area contributed by atoms with Crippen molar-refractivity contribution in [3.05, 3.63) is 18.6 Å². The van der Waals surface area contributed by atoms with Gasteiger partial charge in [-0.05, 0) is 0 Å². The summed E-state index contributed by atoms with van der Waals surface area (Å²) in [6.07, 6.45) is 5.28. The molecule has 14 heavy (non-hydrogen) atoms. The van der Waals surface area contributed by atoms with E-state index in [0.717, 1.165) is 6.26 Å². The largest absolute Gasteiger partial charge is 0.396 e. The van der Waals surface area contributed by atoms with Crippen molar-refractivity contribution in [1.29, 1.82) is 0 Å². The predicted molar refractivity (Wildman–Crippen MR) is 50.5 cm³/mol. The minimum Gasteiger partial charge on any atom is -0.396 e. The first-order chi connectivity index (χ1) is 6.48. The van der Waals surface area contributed by atoms with Gasteiger partial charge in [0.05, 0.1) is 24.3 Å². The molecule has 0 bridgehead atoms. The van der Waals surface area contributed by atoms with Crippen LogP contribution in [0.15, 0.2) is 23.5 Å². The molecule has 2 heterocycles. The molecule has 74 valence electrons. The number of nitrogen functional groups attached to an aromatic ring is 1. The van der Waals surface area contributed by atoms with Crippen molar-refractivity contribution >= 4 is 21.2 Å². The molecule has 0 spiro atoms. The average Bonchev–Trinajstić information content (AvgIpc) is 2.45. The number of hydrogen-bond acceptors (Lipinski definition) is 5. The number of fused-ring (bicyclic) bond motifs is 1. The van der Waals surface area contributed by atoms with Crippen molar-refractivity contribution in [2.45, 2.75) is 4.90 Å². The third kappa shape index (κ3) is 1.31. The fourth-order valence-electron chi connectivity index (χ4n) is 1.13. The maximum Gasteiger partial charge on any atom is 0.180 e. The summed E-state index contributed by atoms with van der Waals surface area (Å²) in [6.45, 7) is 0. The van der Waals surface area contributed by atoms with Gasteiger partial charge in [0.1, 0.15) is 4.90 Å². The molecule has 7 heteroatoms. The zero-order valence-corrected chi connectivity index (χ0v) is 8.19. The Kier molecular flexibility index (Phi) is 1.71. The van der Waals surface area contributed by atoms with E-state index in [1.165, 1.54) is 23.1 Å². The first-order valence-electron chi connectivity index (χ1n) is 3.77. The number of nitrogens with two attached hydrogens (primary N) is 1. The molecule has 0 amide bonds. The Balaban J connectivity index is 2.83. The maximum atomic E-state index is 11.3. The van der Waals surface area contributed by atoms with Crippen molar-refractivity contribution in [3.63, 3.8) is 0 Å². The van der Waals surface area contributed by atoms with Crippen LogP contribution in [0, 0.1) is 0 Å². The van der Waals surface area contributed by atoms with Crippen LogP contribution in [0.1, 0.15) is 0 Å². The van der Waals surface area contributed by atoms with Crippen LogP contribution in [0.25, 0.3) is 5.65 Å². The summed E-state index contributed by atoms with van der Waals surface area (Å²) >= 11 is 0. The normalized spacial score (nSPS) is 12.1. The standard InChI is InChI=1S/C7H8N4O2S/c1-14(12,13)6-3-10-11-4-5(8)2-9-7(6)11/h2-4H,8H2,1H3.